The zero-order chi connectivity index (χ0) is 19.0. The van der Waals surface area contributed by atoms with E-state index in [1.54, 1.807) is 0 Å². The first-order valence-corrected chi connectivity index (χ1v) is 10.1. The van der Waals surface area contributed by atoms with Gasteiger partial charge in [-0.15, -0.1) is 0 Å². The summed E-state index contributed by atoms with van der Waals surface area (Å²) in [6.45, 7) is 10.2. The van der Waals surface area contributed by atoms with Crippen molar-refractivity contribution in [2.45, 2.75) is 52.1 Å². The third-order valence-corrected chi connectivity index (χ3v) is 5.82. The number of carbonyl (C=O) groups is 1. The minimum Gasteiger partial charge on any atom is -0.312 e. The maximum atomic E-state index is 13.0. The molecule has 2 aromatic rings. The maximum absolute atomic E-state index is 13.0. The number of hydrogen-bond donors (Lipinski definition) is 0. The molecular weight excluding hydrogens is 336 g/mol. The van der Waals surface area contributed by atoms with Gasteiger partial charge in [-0.1, -0.05) is 18.2 Å². The van der Waals surface area contributed by atoms with Crippen LogP contribution in [0.3, 0.4) is 0 Å². The Morgan fingerprint density at radius 1 is 1.15 bits per heavy atom. The van der Waals surface area contributed by atoms with E-state index in [9.17, 15) is 4.79 Å². The third kappa shape index (κ3) is 3.79. The summed E-state index contributed by atoms with van der Waals surface area (Å²) in [5, 5.41) is 4.50. The fraction of sp³-hybridized carbons (Fsp3) is 0.545. The smallest absolute Gasteiger partial charge is 0.230 e. The van der Waals surface area contributed by atoms with Crippen LogP contribution in [0.2, 0.25) is 0 Å². The molecule has 3 heterocycles. The molecular formula is C22H30N4O. The number of anilines is 1. The number of piperidine rings is 1. The largest absolute Gasteiger partial charge is 0.312 e. The zero-order valence-electron chi connectivity index (χ0n) is 16.7. The Bertz CT molecular complexity index is 812. The van der Waals surface area contributed by atoms with Gasteiger partial charge in [-0.05, 0) is 64.8 Å². The second-order valence-electron chi connectivity index (χ2n) is 8.88. The van der Waals surface area contributed by atoms with E-state index in [0.717, 1.165) is 51.1 Å². The van der Waals surface area contributed by atoms with Crippen molar-refractivity contribution >= 4 is 11.6 Å². The molecule has 0 N–H and O–H groups in total. The second-order valence-corrected chi connectivity index (χ2v) is 8.88. The molecule has 0 bridgehead atoms. The number of fused-ring (bicyclic) bond motifs is 1. The van der Waals surface area contributed by atoms with Gasteiger partial charge in [-0.25, -0.2) is 0 Å². The molecule has 5 nitrogen and oxygen atoms in total. The summed E-state index contributed by atoms with van der Waals surface area (Å²) in [5.41, 5.74) is 3.70. The van der Waals surface area contributed by atoms with Crippen LogP contribution in [0.15, 0.2) is 36.7 Å². The molecule has 144 valence electrons. The number of likely N-dealkylation sites (tertiary alicyclic amines) is 1. The van der Waals surface area contributed by atoms with Crippen LogP contribution in [0.4, 0.5) is 5.69 Å². The summed E-state index contributed by atoms with van der Waals surface area (Å²) < 4.78 is 2.03. The van der Waals surface area contributed by atoms with Crippen LogP contribution < -0.4 is 4.90 Å². The number of nitrogens with zero attached hydrogens (tertiary/aromatic N) is 4. The molecule has 2 aliphatic heterocycles. The molecule has 27 heavy (non-hydrogen) atoms. The fourth-order valence-electron chi connectivity index (χ4n) is 4.19. The summed E-state index contributed by atoms with van der Waals surface area (Å²) in [7, 11) is 0. The Morgan fingerprint density at radius 3 is 2.59 bits per heavy atom. The van der Waals surface area contributed by atoms with Gasteiger partial charge in [0.25, 0.3) is 0 Å². The summed E-state index contributed by atoms with van der Waals surface area (Å²) >= 11 is 0. The van der Waals surface area contributed by atoms with Crippen molar-refractivity contribution in [2.75, 3.05) is 24.5 Å². The van der Waals surface area contributed by atoms with Gasteiger partial charge in [0.1, 0.15) is 0 Å². The van der Waals surface area contributed by atoms with E-state index in [1.807, 2.05) is 21.8 Å². The molecule has 0 radical (unpaired) electrons. The van der Waals surface area contributed by atoms with Gasteiger partial charge >= 0.3 is 0 Å². The van der Waals surface area contributed by atoms with Crippen molar-refractivity contribution in [3.05, 3.63) is 47.8 Å². The molecule has 0 aliphatic carbocycles. The highest BCUT2D eigenvalue weighted by Gasteiger charge is 2.32. The molecule has 0 saturated carbocycles. The Morgan fingerprint density at radius 2 is 1.89 bits per heavy atom. The van der Waals surface area contributed by atoms with Gasteiger partial charge in [0.2, 0.25) is 5.91 Å². The van der Waals surface area contributed by atoms with Gasteiger partial charge in [0.15, 0.2) is 0 Å². The lowest BCUT2D eigenvalue weighted by atomic mass is 9.95. The zero-order valence-corrected chi connectivity index (χ0v) is 16.7. The molecule has 0 spiro atoms. The summed E-state index contributed by atoms with van der Waals surface area (Å²) in [5.74, 6) is 0.477. The molecule has 1 fully saturated rings. The number of benzene rings is 1. The lowest BCUT2D eigenvalue weighted by Crippen LogP contribution is -2.41. The van der Waals surface area contributed by atoms with Crippen LogP contribution >= 0.6 is 0 Å². The van der Waals surface area contributed by atoms with E-state index in [0.29, 0.717) is 5.91 Å². The van der Waals surface area contributed by atoms with E-state index in [-0.39, 0.29) is 11.5 Å². The van der Waals surface area contributed by atoms with Crippen molar-refractivity contribution in [3.63, 3.8) is 0 Å². The van der Waals surface area contributed by atoms with Crippen molar-refractivity contribution in [1.29, 1.82) is 0 Å². The predicted octanol–water partition coefficient (Wildman–Crippen LogP) is 3.44. The molecule has 1 aromatic heterocycles. The molecule has 1 amide bonds. The molecule has 5 heteroatoms. The first kappa shape index (κ1) is 18.2. The highest BCUT2D eigenvalue weighted by atomic mass is 16.2. The Labute approximate surface area is 162 Å². The number of amides is 1. The van der Waals surface area contributed by atoms with E-state index >= 15 is 0 Å². The van der Waals surface area contributed by atoms with Gasteiger partial charge in [-0.2, -0.15) is 5.10 Å². The average Bonchev–Trinajstić information content (AvgIpc) is 3.28. The third-order valence-electron chi connectivity index (χ3n) is 5.82. The minimum atomic E-state index is 0.0175. The normalized spacial score (nSPS) is 18.7. The van der Waals surface area contributed by atoms with Gasteiger partial charge in [0, 0.05) is 36.5 Å². The second kappa shape index (κ2) is 7.12. The first-order valence-electron chi connectivity index (χ1n) is 10.1. The van der Waals surface area contributed by atoms with E-state index in [2.05, 4.69) is 55.2 Å². The monoisotopic (exact) mass is 366 g/mol. The first-order chi connectivity index (χ1) is 12.9. The highest BCUT2D eigenvalue weighted by Crippen LogP contribution is 2.31. The van der Waals surface area contributed by atoms with Gasteiger partial charge in [-0.3, -0.25) is 14.4 Å². The van der Waals surface area contributed by atoms with Crippen LogP contribution in [-0.2, 0) is 23.3 Å². The van der Waals surface area contributed by atoms with Crippen LogP contribution in [0.25, 0.3) is 0 Å². The van der Waals surface area contributed by atoms with Crippen LogP contribution in [0, 0.1) is 5.92 Å². The highest BCUT2D eigenvalue weighted by molar-refractivity contribution is 5.97. The van der Waals surface area contributed by atoms with E-state index in [1.165, 1.54) is 11.1 Å². The molecule has 0 unspecified atom stereocenters. The fourth-order valence-corrected chi connectivity index (χ4v) is 4.19. The predicted molar refractivity (Wildman–Crippen MR) is 108 cm³/mol. The SMILES string of the molecule is CC(C)(C)n1cc(CN2CCC(C(=O)N3CCc4ccccc43)CC2)cn1. The topological polar surface area (TPSA) is 41.4 Å². The number of para-hydroxylation sites is 1. The Kier molecular flexibility index (Phi) is 4.81. The number of aromatic nitrogens is 2. The van der Waals surface area contributed by atoms with Crippen molar-refractivity contribution in [2.24, 2.45) is 5.92 Å². The van der Waals surface area contributed by atoms with Crippen molar-refractivity contribution < 1.29 is 4.79 Å². The molecule has 1 saturated heterocycles. The van der Waals surface area contributed by atoms with Gasteiger partial charge in [0.05, 0.1) is 11.7 Å². The molecule has 4 rings (SSSR count). The number of rotatable bonds is 3. The minimum absolute atomic E-state index is 0.0175. The number of carbonyl (C=O) groups excluding carboxylic acids is 1. The van der Waals surface area contributed by atoms with E-state index in [4.69, 9.17) is 0 Å². The van der Waals surface area contributed by atoms with Crippen molar-refractivity contribution in [1.82, 2.24) is 14.7 Å². The van der Waals surface area contributed by atoms with Gasteiger partial charge < -0.3 is 4.90 Å². The molecule has 0 atom stereocenters. The Hall–Kier alpha value is -2.14. The summed E-state index contributed by atoms with van der Waals surface area (Å²) in [6, 6.07) is 8.32. The number of hydrogen-bond acceptors (Lipinski definition) is 3. The van der Waals surface area contributed by atoms with Crippen LogP contribution in [-0.4, -0.2) is 40.2 Å². The van der Waals surface area contributed by atoms with Crippen LogP contribution in [0.5, 0.6) is 0 Å². The lowest BCUT2D eigenvalue weighted by molar-refractivity contribution is -0.123. The maximum Gasteiger partial charge on any atom is 0.230 e. The van der Waals surface area contributed by atoms with E-state index < -0.39 is 0 Å². The summed E-state index contributed by atoms with van der Waals surface area (Å²) in [4.78, 5) is 17.5. The average molecular weight is 367 g/mol. The molecule has 1 aromatic carbocycles. The summed E-state index contributed by atoms with van der Waals surface area (Å²) in [6.07, 6.45) is 7.01. The standard InChI is InChI=1S/C22H30N4O/c1-22(2,3)26-16-17(14-23-26)15-24-11-8-19(9-12-24)21(27)25-13-10-18-6-4-5-7-20(18)25/h4-7,14,16,19H,8-13,15H2,1-3H3. The lowest BCUT2D eigenvalue weighted by Gasteiger charge is -2.33. The quantitative estimate of drug-likeness (QED) is 0.836. The van der Waals surface area contributed by atoms with Crippen molar-refractivity contribution in [3.8, 4) is 0 Å². The van der Waals surface area contributed by atoms with Crippen LogP contribution in [0.1, 0.15) is 44.7 Å². The molecule has 2 aliphatic rings. The Balaban J connectivity index is 1.33.